The summed E-state index contributed by atoms with van der Waals surface area (Å²) in [6.45, 7) is 4.63. The zero-order chi connectivity index (χ0) is 11.4. The van der Waals surface area contributed by atoms with Gasteiger partial charge in [0, 0.05) is 12.1 Å². The van der Waals surface area contributed by atoms with E-state index in [0.717, 1.165) is 12.0 Å². The van der Waals surface area contributed by atoms with Gasteiger partial charge in [0.25, 0.3) is 0 Å². The molecule has 1 aliphatic rings. The Hall–Kier alpha value is -0.340. The van der Waals surface area contributed by atoms with E-state index in [2.05, 4.69) is 36.0 Å². The van der Waals surface area contributed by atoms with E-state index in [1.165, 1.54) is 37.7 Å². The molecule has 0 saturated heterocycles. The normalized spacial score (nSPS) is 27.9. The van der Waals surface area contributed by atoms with Crippen LogP contribution in [0.2, 0.25) is 0 Å². The third-order valence-electron chi connectivity index (χ3n) is 3.94. The monoisotopic (exact) mass is 237 g/mol. The van der Waals surface area contributed by atoms with Gasteiger partial charge in [-0.3, -0.25) is 0 Å². The van der Waals surface area contributed by atoms with Gasteiger partial charge in [0.2, 0.25) is 0 Å². The molecule has 0 aliphatic heterocycles. The Morgan fingerprint density at radius 3 is 2.94 bits per heavy atom. The van der Waals surface area contributed by atoms with Gasteiger partial charge in [-0.1, -0.05) is 26.2 Å². The first kappa shape index (κ1) is 12.1. The molecule has 0 radical (unpaired) electrons. The molecule has 1 nitrogen and oxygen atoms in total. The van der Waals surface area contributed by atoms with E-state index in [4.69, 9.17) is 0 Å². The molecule has 0 spiro atoms. The lowest BCUT2D eigenvalue weighted by Gasteiger charge is -2.33. The lowest BCUT2D eigenvalue weighted by atomic mass is 9.82. The van der Waals surface area contributed by atoms with Crippen LogP contribution in [0.15, 0.2) is 16.8 Å². The van der Waals surface area contributed by atoms with Crippen molar-refractivity contribution in [2.24, 2.45) is 5.92 Å². The van der Waals surface area contributed by atoms with Crippen molar-refractivity contribution in [3.8, 4) is 0 Å². The first-order valence-corrected chi connectivity index (χ1v) is 7.53. The van der Waals surface area contributed by atoms with E-state index < -0.39 is 0 Å². The van der Waals surface area contributed by atoms with E-state index in [-0.39, 0.29) is 0 Å². The van der Waals surface area contributed by atoms with Crippen LogP contribution in [0, 0.1) is 5.92 Å². The highest BCUT2D eigenvalue weighted by molar-refractivity contribution is 7.07. The van der Waals surface area contributed by atoms with E-state index in [9.17, 15) is 0 Å². The van der Waals surface area contributed by atoms with E-state index in [0.29, 0.717) is 6.04 Å². The summed E-state index contributed by atoms with van der Waals surface area (Å²) in [7, 11) is 0. The van der Waals surface area contributed by atoms with Crippen LogP contribution in [0.5, 0.6) is 0 Å². The van der Waals surface area contributed by atoms with Crippen LogP contribution in [0.3, 0.4) is 0 Å². The molecular formula is C14H23NS. The zero-order valence-corrected chi connectivity index (χ0v) is 11.2. The van der Waals surface area contributed by atoms with Gasteiger partial charge < -0.3 is 5.32 Å². The standard InChI is InChI=1S/C14H23NS/c1-3-12-6-4-5-7-14(12)15-11(2)13-8-9-16-10-13/h8-12,14-15H,3-7H2,1-2H3. The van der Waals surface area contributed by atoms with Crippen LogP contribution in [0.25, 0.3) is 0 Å². The molecule has 1 aromatic rings. The highest BCUT2D eigenvalue weighted by Crippen LogP contribution is 2.29. The maximum Gasteiger partial charge on any atom is 0.0302 e. The van der Waals surface area contributed by atoms with Gasteiger partial charge in [-0.05, 0) is 48.1 Å². The summed E-state index contributed by atoms with van der Waals surface area (Å²) in [5, 5.41) is 8.27. The SMILES string of the molecule is CCC1CCCCC1NC(C)c1ccsc1. The number of hydrogen-bond donors (Lipinski definition) is 1. The van der Waals surface area contributed by atoms with Crippen LogP contribution in [-0.2, 0) is 0 Å². The van der Waals surface area contributed by atoms with Gasteiger partial charge in [0.1, 0.15) is 0 Å². The molecule has 1 saturated carbocycles. The molecule has 0 amide bonds. The number of rotatable bonds is 4. The fourth-order valence-corrected chi connectivity index (χ4v) is 3.61. The van der Waals surface area contributed by atoms with Gasteiger partial charge in [-0.15, -0.1) is 0 Å². The van der Waals surface area contributed by atoms with Crippen molar-refractivity contribution in [3.63, 3.8) is 0 Å². The molecule has 1 aliphatic carbocycles. The van der Waals surface area contributed by atoms with Gasteiger partial charge in [0.15, 0.2) is 0 Å². The van der Waals surface area contributed by atoms with E-state index >= 15 is 0 Å². The number of thiophene rings is 1. The smallest absolute Gasteiger partial charge is 0.0302 e. The highest BCUT2D eigenvalue weighted by atomic mass is 32.1. The molecule has 1 heterocycles. The Kier molecular flexibility index (Phi) is 4.42. The lowest BCUT2D eigenvalue weighted by Crippen LogP contribution is -2.39. The van der Waals surface area contributed by atoms with Crippen LogP contribution < -0.4 is 5.32 Å². The Morgan fingerprint density at radius 1 is 1.44 bits per heavy atom. The zero-order valence-electron chi connectivity index (χ0n) is 10.4. The molecule has 0 aromatic carbocycles. The fraction of sp³-hybridized carbons (Fsp3) is 0.714. The van der Waals surface area contributed by atoms with Crippen LogP contribution in [0.1, 0.15) is 57.6 Å². The van der Waals surface area contributed by atoms with Crippen molar-refractivity contribution in [3.05, 3.63) is 22.4 Å². The molecule has 1 aromatic heterocycles. The molecule has 90 valence electrons. The molecule has 1 fully saturated rings. The van der Waals surface area contributed by atoms with Crippen LogP contribution in [0.4, 0.5) is 0 Å². The van der Waals surface area contributed by atoms with Gasteiger partial charge in [-0.2, -0.15) is 11.3 Å². The topological polar surface area (TPSA) is 12.0 Å². The Labute approximate surface area is 103 Å². The van der Waals surface area contributed by atoms with Crippen molar-refractivity contribution < 1.29 is 0 Å². The predicted molar refractivity (Wildman–Crippen MR) is 71.9 cm³/mol. The van der Waals surface area contributed by atoms with Crippen molar-refractivity contribution in [1.82, 2.24) is 5.32 Å². The molecule has 3 unspecified atom stereocenters. The third kappa shape index (κ3) is 2.86. The Morgan fingerprint density at radius 2 is 2.25 bits per heavy atom. The molecular weight excluding hydrogens is 214 g/mol. The molecule has 2 rings (SSSR count). The van der Waals surface area contributed by atoms with E-state index in [1.807, 2.05) is 0 Å². The van der Waals surface area contributed by atoms with Crippen molar-refractivity contribution in [2.75, 3.05) is 0 Å². The largest absolute Gasteiger partial charge is 0.307 e. The third-order valence-corrected chi connectivity index (χ3v) is 4.64. The summed E-state index contributed by atoms with van der Waals surface area (Å²) in [4.78, 5) is 0. The van der Waals surface area contributed by atoms with Crippen molar-refractivity contribution >= 4 is 11.3 Å². The summed E-state index contributed by atoms with van der Waals surface area (Å²) < 4.78 is 0. The summed E-state index contributed by atoms with van der Waals surface area (Å²) in [6, 6.07) is 3.50. The first-order valence-electron chi connectivity index (χ1n) is 6.59. The van der Waals surface area contributed by atoms with Crippen molar-refractivity contribution in [2.45, 2.75) is 58.0 Å². The summed E-state index contributed by atoms with van der Waals surface area (Å²) in [6.07, 6.45) is 6.96. The minimum absolute atomic E-state index is 0.517. The quantitative estimate of drug-likeness (QED) is 0.820. The minimum Gasteiger partial charge on any atom is -0.307 e. The summed E-state index contributed by atoms with van der Waals surface area (Å²) >= 11 is 1.80. The second-order valence-electron chi connectivity index (χ2n) is 5.00. The second kappa shape index (κ2) is 5.83. The van der Waals surface area contributed by atoms with Gasteiger partial charge in [-0.25, -0.2) is 0 Å². The summed E-state index contributed by atoms with van der Waals surface area (Å²) in [5.41, 5.74) is 1.45. The van der Waals surface area contributed by atoms with Crippen molar-refractivity contribution in [1.29, 1.82) is 0 Å². The van der Waals surface area contributed by atoms with Gasteiger partial charge in [0.05, 0.1) is 0 Å². The second-order valence-corrected chi connectivity index (χ2v) is 5.78. The Bertz CT molecular complexity index is 294. The molecule has 1 N–H and O–H groups in total. The first-order chi connectivity index (χ1) is 7.81. The number of nitrogens with one attached hydrogen (secondary N) is 1. The number of hydrogen-bond acceptors (Lipinski definition) is 2. The summed E-state index contributed by atoms with van der Waals surface area (Å²) in [5.74, 6) is 0.898. The average Bonchev–Trinajstić information content (AvgIpc) is 2.83. The van der Waals surface area contributed by atoms with E-state index in [1.54, 1.807) is 11.3 Å². The predicted octanol–water partition coefficient (Wildman–Crippen LogP) is 4.37. The maximum atomic E-state index is 3.83. The van der Waals surface area contributed by atoms with Crippen LogP contribution in [-0.4, -0.2) is 6.04 Å². The minimum atomic E-state index is 0.517. The lowest BCUT2D eigenvalue weighted by molar-refractivity contribution is 0.241. The van der Waals surface area contributed by atoms with Crippen LogP contribution >= 0.6 is 11.3 Å². The van der Waals surface area contributed by atoms with Gasteiger partial charge >= 0.3 is 0 Å². The Balaban J connectivity index is 1.92. The molecule has 2 heteroatoms. The molecule has 0 bridgehead atoms. The molecule has 3 atom stereocenters. The average molecular weight is 237 g/mol. The highest BCUT2D eigenvalue weighted by Gasteiger charge is 2.24. The molecule has 16 heavy (non-hydrogen) atoms. The fourth-order valence-electron chi connectivity index (χ4n) is 2.85. The maximum absolute atomic E-state index is 3.83.